The topological polar surface area (TPSA) is 97.0 Å². The van der Waals surface area contributed by atoms with Gasteiger partial charge in [-0.1, -0.05) is 6.92 Å². The lowest BCUT2D eigenvalue weighted by molar-refractivity contribution is 0.0940. The molecule has 0 bridgehead atoms. The first-order chi connectivity index (χ1) is 12.2. The predicted molar refractivity (Wildman–Crippen MR) is 92.3 cm³/mol. The monoisotopic (exact) mass is 344 g/mol. The van der Waals surface area contributed by atoms with E-state index in [4.69, 9.17) is 4.52 Å². The molecule has 1 fully saturated rings. The van der Waals surface area contributed by atoms with Crippen LogP contribution in [-0.2, 0) is 6.42 Å². The van der Waals surface area contributed by atoms with Gasteiger partial charge < -0.3 is 14.7 Å². The molecule has 2 aromatic rings. The van der Waals surface area contributed by atoms with Gasteiger partial charge in [-0.2, -0.15) is 4.98 Å². The van der Waals surface area contributed by atoms with Gasteiger partial charge in [0, 0.05) is 32.3 Å². The summed E-state index contributed by atoms with van der Waals surface area (Å²) < 4.78 is 5.27. The Morgan fingerprint density at radius 2 is 2.28 bits per heavy atom. The second kappa shape index (κ2) is 8.04. The first-order valence-electron chi connectivity index (χ1n) is 8.80. The lowest BCUT2D eigenvalue weighted by Crippen LogP contribution is -2.41. The second-order valence-electron chi connectivity index (χ2n) is 6.45. The van der Waals surface area contributed by atoms with Gasteiger partial charge in [-0.3, -0.25) is 9.78 Å². The van der Waals surface area contributed by atoms with E-state index in [9.17, 15) is 4.79 Å². The molecule has 1 aliphatic heterocycles. The molecule has 1 saturated heterocycles. The largest absolute Gasteiger partial charge is 0.350 e. The van der Waals surface area contributed by atoms with Gasteiger partial charge >= 0.3 is 0 Å². The number of rotatable bonds is 6. The molecule has 25 heavy (non-hydrogen) atoms. The molecule has 1 N–H and O–H groups in total. The quantitative estimate of drug-likeness (QED) is 0.853. The van der Waals surface area contributed by atoms with Crippen LogP contribution in [0.5, 0.6) is 0 Å². The number of hydrogen-bond donors (Lipinski definition) is 1. The standard InChI is InChI=1S/C17H24N6O2/c1-3-5-15-21-17(22-25-15)23-7-4-6-13(11-23)9-20-16(24)14-10-18-12(2)8-19-14/h8,10,13H,3-7,9,11H2,1-2H3,(H,20,24). The van der Waals surface area contributed by atoms with Gasteiger partial charge in [0.1, 0.15) is 5.69 Å². The van der Waals surface area contributed by atoms with Gasteiger partial charge in [-0.25, -0.2) is 4.98 Å². The SMILES string of the molecule is CCCc1nc(N2CCCC(CNC(=O)c3cnc(C)cn3)C2)no1. The molecule has 3 rings (SSSR count). The molecule has 0 saturated carbocycles. The highest BCUT2D eigenvalue weighted by molar-refractivity contribution is 5.91. The maximum absolute atomic E-state index is 12.2. The summed E-state index contributed by atoms with van der Waals surface area (Å²) in [6, 6.07) is 0. The Balaban J connectivity index is 1.52. The summed E-state index contributed by atoms with van der Waals surface area (Å²) in [6.07, 6.45) is 7.00. The minimum Gasteiger partial charge on any atom is -0.350 e. The van der Waals surface area contributed by atoms with Crippen molar-refractivity contribution in [3.05, 3.63) is 29.7 Å². The van der Waals surface area contributed by atoms with E-state index in [0.29, 0.717) is 30.0 Å². The van der Waals surface area contributed by atoms with Gasteiger partial charge in [0.2, 0.25) is 5.89 Å². The average Bonchev–Trinajstić information content (AvgIpc) is 3.10. The highest BCUT2D eigenvalue weighted by Gasteiger charge is 2.24. The summed E-state index contributed by atoms with van der Waals surface area (Å²) >= 11 is 0. The number of hydrogen-bond acceptors (Lipinski definition) is 7. The normalized spacial score (nSPS) is 17.5. The van der Waals surface area contributed by atoms with Crippen molar-refractivity contribution in [2.24, 2.45) is 5.92 Å². The van der Waals surface area contributed by atoms with Crippen LogP contribution in [0.1, 0.15) is 48.3 Å². The fourth-order valence-corrected chi connectivity index (χ4v) is 2.94. The van der Waals surface area contributed by atoms with Crippen molar-refractivity contribution >= 4 is 11.9 Å². The molecule has 8 heteroatoms. The number of amides is 1. The third kappa shape index (κ3) is 4.52. The molecule has 2 aromatic heterocycles. The minimum atomic E-state index is -0.186. The van der Waals surface area contributed by atoms with E-state index in [1.165, 1.54) is 6.20 Å². The highest BCUT2D eigenvalue weighted by atomic mass is 16.5. The number of piperidine rings is 1. The average molecular weight is 344 g/mol. The Kier molecular flexibility index (Phi) is 5.57. The first kappa shape index (κ1) is 17.3. The zero-order valence-electron chi connectivity index (χ0n) is 14.7. The molecule has 1 unspecified atom stereocenters. The van der Waals surface area contributed by atoms with Crippen LogP contribution in [0.15, 0.2) is 16.9 Å². The number of carbonyl (C=O) groups excluding carboxylic acids is 1. The van der Waals surface area contributed by atoms with Gasteiger partial charge in [0.15, 0.2) is 0 Å². The third-order valence-electron chi connectivity index (χ3n) is 4.29. The molecule has 134 valence electrons. The zero-order valence-corrected chi connectivity index (χ0v) is 14.7. The predicted octanol–water partition coefficient (Wildman–Crippen LogP) is 1.77. The van der Waals surface area contributed by atoms with Crippen molar-refractivity contribution in [1.82, 2.24) is 25.4 Å². The molecule has 8 nitrogen and oxygen atoms in total. The van der Waals surface area contributed by atoms with Crippen LogP contribution in [0.25, 0.3) is 0 Å². The second-order valence-corrected chi connectivity index (χ2v) is 6.45. The van der Waals surface area contributed by atoms with Crippen molar-refractivity contribution in [3.8, 4) is 0 Å². The highest BCUT2D eigenvalue weighted by Crippen LogP contribution is 2.20. The van der Waals surface area contributed by atoms with Crippen molar-refractivity contribution in [3.63, 3.8) is 0 Å². The van der Waals surface area contributed by atoms with E-state index in [-0.39, 0.29) is 5.91 Å². The molecule has 0 spiro atoms. The van der Waals surface area contributed by atoms with Gasteiger partial charge in [0.05, 0.1) is 11.9 Å². The summed E-state index contributed by atoms with van der Waals surface area (Å²) in [6.45, 7) is 6.26. The molecule has 0 radical (unpaired) electrons. The summed E-state index contributed by atoms with van der Waals surface area (Å²) in [5, 5.41) is 7.03. The van der Waals surface area contributed by atoms with Crippen molar-refractivity contribution < 1.29 is 9.32 Å². The van der Waals surface area contributed by atoms with Gasteiger partial charge in [-0.05, 0) is 37.3 Å². The number of anilines is 1. The van der Waals surface area contributed by atoms with Crippen LogP contribution in [0, 0.1) is 12.8 Å². The molecule has 1 aliphatic rings. The fraction of sp³-hybridized carbons (Fsp3) is 0.588. The Bertz CT molecular complexity index is 699. The van der Waals surface area contributed by atoms with Crippen LogP contribution in [0.2, 0.25) is 0 Å². The van der Waals surface area contributed by atoms with Crippen LogP contribution in [0.4, 0.5) is 5.95 Å². The van der Waals surface area contributed by atoms with E-state index in [0.717, 1.165) is 44.5 Å². The summed E-state index contributed by atoms with van der Waals surface area (Å²) in [5.41, 5.74) is 1.14. The number of carbonyl (C=O) groups is 1. The molecule has 1 atom stereocenters. The number of nitrogens with one attached hydrogen (secondary N) is 1. The maximum Gasteiger partial charge on any atom is 0.271 e. The Morgan fingerprint density at radius 3 is 3.04 bits per heavy atom. The van der Waals surface area contributed by atoms with Crippen molar-refractivity contribution in [2.45, 2.75) is 39.5 Å². The Labute approximate surface area is 147 Å². The van der Waals surface area contributed by atoms with Crippen molar-refractivity contribution in [1.29, 1.82) is 0 Å². The molecular formula is C17H24N6O2. The first-order valence-corrected chi connectivity index (χ1v) is 8.80. The lowest BCUT2D eigenvalue weighted by Gasteiger charge is -2.31. The summed E-state index contributed by atoms with van der Waals surface area (Å²) in [5.74, 6) is 1.51. The number of aryl methyl sites for hydroxylation is 2. The van der Waals surface area contributed by atoms with E-state index in [1.807, 2.05) is 6.92 Å². The van der Waals surface area contributed by atoms with E-state index in [1.54, 1.807) is 6.20 Å². The Hall–Kier alpha value is -2.51. The van der Waals surface area contributed by atoms with Crippen LogP contribution >= 0.6 is 0 Å². The zero-order chi connectivity index (χ0) is 17.6. The minimum absolute atomic E-state index is 0.186. The summed E-state index contributed by atoms with van der Waals surface area (Å²) in [7, 11) is 0. The van der Waals surface area contributed by atoms with E-state index >= 15 is 0 Å². The van der Waals surface area contributed by atoms with Crippen LogP contribution in [0.3, 0.4) is 0 Å². The van der Waals surface area contributed by atoms with E-state index < -0.39 is 0 Å². The van der Waals surface area contributed by atoms with Crippen LogP contribution in [-0.4, -0.2) is 45.7 Å². The van der Waals surface area contributed by atoms with Gasteiger partial charge in [-0.15, -0.1) is 0 Å². The lowest BCUT2D eigenvalue weighted by atomic mass is 9.98. The van der Waals surface area contributed by atoms with E-state index in [2.05, 4.69) is 37.2 Å². The maximum atomic E-state index is 12.2. The number of aromatic nitrogens is 4. The Morgan fingerprint density at radius 1 is 1.40 bits per heavy atom. The van der Waals surface area contributed by atoms with Gasteiger partial charge in [0.25, 0.3) is 11.9 Å². The molecule has 1 amide bonds. The number of nitrogens with zero attached hydrogens (tertiary/aromatic N) is 5. The van der Waals surface area contributed by atoms with Crippen molar-refractivity contribution in [2.75, 3.05) is 24.5 Å². The molecule has 3 heterocycles. The molecular weight excluding hydrogens is 320 g/mol. The molecule has 0 aromatic carbocycles. The van der Waals surface area contributed by atoms with Crippen LogP contribution < -0.4 is 10.2 Å². The third-order valence-corrected chi connectivity index (χ3v) is 4.29. The fourth-order valence-electron chi connectivity index (χ4n) is 2.94. The summed E-state index contributed by atoms with van der Waals surface area (Å²) in [4.78, 5) is 27.0. The smallest absolute Gasteiger partial charge is 0.271 e. The molecule has 0 aliphatic carbocycles.